The van der Waals surface area contributed by atoms with Gasteiger partial charge >= 0.3 is 5.97 Å². The summed E-state index contributed by atoms with van der Waals surface area (Å²) in [6, 6.07) is 2.77. The summed E-state index contributed by atoms with van der Waals surface area (Å²) in [7, 11) is 0. The molecule has 2 rings (SSSR count). The Labute approximate surface area is 102 Å². The van der Waals surface area contributed by atoms with Crippen LogP contribution in [-0.2, 0) is 4.79 Å². The third-order valence-electron chi connectivity index (χ3n) is 2.87. The number of carbonyl (C=O) groups is 2. The monoisotopic (exact) mass is 255 g/mol. The number of likely N-dealkylation sites (tertiary alicyclic amines) is 1. The number of halogens is 2. The minimum atomic E-state index is -0.917. The summed E-state index contributed by atoms with van der Waals surface area (Å²) in [5, 5.41) is 8.56. The van der Waals surface area contributed by atoms with Gasteiger partial charge in [-0.3, -0.25) is 9.59 Å². The average molecular weight is 255 g/mol. The highest BCUT2D eigenvalue weighted by Crippen LogP contribution is 2.22. The van der Waals surface area contributed by atoms with Crippen LogP contribution in [0.4, 0.5) is 8.78 Å². The summed E-state index contributed by atoms with van der Waals surface area (Å²) in [5.41, 5.74) is -0.190. The number of aliphatic carboxylic acids is 1. The van der Waals surface area contributed by atoms with Gasteiger partial charge in [0.1, 0.15) is 11.6 Å². The first-order valence-electron chi connectivity index (χ1n) is 5.43. The van der Waals surface area contributed by atoms with Gasteiger partial charge < -0.3 is 10.0 Å². The molecule has 1 N–H and O–H groups in total. The molecule has 1 fully saturated rings. The number of carboxylic acid groups (broad SMARTS) is 1. The Morgan fingerprint density at radius 1 is 1.33 bits per heavy atom. The topological polar surface area (TPSA) is 57.6 Å². The van der Waals surface area contributed by atoms with E-state index in [2.05, 4.69) is 0 Å². The molecule has 1 heterocycles. The van der Waals surface area contributed by atoms with E-state index in [1.165, 1.54) is 4.90 Å². The fraction of sp³-hybridized carbons (Fsp3) is 0.333. The number of benzene rings is 1. The highest BCUT2D eigenvalue weighted by atomic mass is 19.1. The zero-order valence-electron chi connectivity index (χ0n) is 9.40. The van der Waals surface area contributed by atoms with E-state index in [1.54, 1.807) is 0 Å². The standard InChI is InChI=1S/C12H11F2NO3/c13-8-1-2-9(10(14)4-8)12(18)15-5-7(6-15)3-11(16)17/h1-2,4,7H,3,5-6H2,(H,16,17). The maximum atomic E-state index is 13.3. The number of nitrogens with zero attached hydrogens (tertiary/aromatic N) is 1. The fourth-order valence-corrected chi connectivity index (χ4v) is 1.95. The van der Waals surface area contributed by atoms with E-state index in [0.717, 1.165) is 12.1 Å². The summed E-state index contributed by atoms with van der Waals surface area (Å²) in [6.07, 6.45) is -0.00429. The lowest BCUT2D eigenvalue weighted by Gasteiger charge is -2.38. The van der Waals surface area contributed by atoms with Gasteiger partial charge in [0, 0.05) is 25.1 Å². The molecule has 0 bridgehead atoms. The van der Waals surface area contributed by atoms with Crippen molar-refractivity contribution in [2.75, 3.05) is 13.1 Å². The quantitative estimate of drug-likeness (QED) is 0.890. The van der Waals surface area contributed by atoms with Gasteiger partial charge in [0.15, 0.2) is 0 Å². The molecular formula is C12H11F2NO3. The number of rotatable bonds is 3. The van der Waals surface area contributed by atoms with E-state index < -0.39 is 23.5 Å². The van der Waals surface area contributed by atoms with Crippen molar-refractivity contribution >= 4 is 11.9 Å². The van der Waals surface area contributed by atoms with Gasteiger partial charge in [0.05, 0.1) is 12.0 Å². The van der Waals surface area contributed by atoms with Crippen LogP contribution in [-0.4, -0.2) is 35.0 Å². The molecule has 0 saturated carbocycles. The maximum Gasteiger partial charge on any atom is 0.303 e. The molecule has 0 aromatic heterocycles. The Morgan fingerprint density at radius 2 is 2.00 bits per heavy atom. The van der Waals surface area contributed by atoms with E-state index in [9.17, 15) is 18.4 Å². The van der Waals surface area contributed by atoms with Crippen LogP contribution in [0.1, 0.15) is 16.8 Å². The lowest BCUT2D eigenvalue weighted by molar-refractivity contribution is -0.139. The molecule has 0 atom stereocenters. The molecule has 18 heavy (non-hydrogen) atoms. The van der Waals surface area contributed by atoms with E-state index in [1.807, 2.05) is 0 Å². The molecule has 1 saturated heterocycles. The molecule has 0 aliphatic carbocycles. The van der Waals surface area contributed by atoms with Gasteiger partial charge in [0.25, 0.3) is 5.91 Å². The molecule has 4 nitrogen and oxygen atoms in total. The van der Waals surface area contributed by atoms with Gasteiger partial charge in [-0.1, -0.05) is 0 Å². The number of amides is 1. The third kappa shape index (κ3) is 2.47. The second kappa shape index (κ2) is 4.72. The predicted octanol–water partition coefficient (Wildman–Crippen LogP) is 1.51. The predicted molar refractivity (Wildman–Crippen MR) is 58.0 cm³/mol. The number of hydrogen-bond donors (Lipinski definition) is 1. The van der Waals surface area contributed by atoms with Gasteiger partial charge in [-0.25, -0.2) is 8.78 Å². The largest absolute Gasteiger partial charge is 0.481 e. The second-order valence-corrected chi connectivity index (χ2v) is 4.30. The Bertz CT molecular complexity index is 498. The molecule has 1 aromatic carbocycles. The second-order valence-electron chi connectivity index (χ2n) is 4.30. The molecule has 0 radical (unpaired) electrons. The van der Waals surface area contributed by atoms with Crippen LogP contribution in [0.15, 0.2) is 18.2 Å². The summed E-state index contributed by atoms with van der Waals surface area (Å²) in [5.74, 6) is -3.18. The van der Waals surface area contributed by atoms with Crippen LogP contribution in [0.3, 0.4) is 0 Å². The van der Waals surface area contributed by atoms with Crippen molar-refractivity contribution in [3.05, 3.63) is 35.4 Å². The molecule has 1 amide bonds. The molecular weight excluding hydrogens is 244 g/mol. The zero-order chi connectivity index (χ0) is 13.3. The SMILES string of the molecule is O=C(O)CC1CN(C(=O)c2ccc(F)cc2F)C1. The average Bonchev–Trinajstić information content (AvgIpc) is 2.21. The lowest BCUT2D eigenvalue weighted by atomic mass is 9.95. The number of carboxylic acids is 1. The minimum absolute atomic E-state index is 0.00429. The zero-order valence-corrected chi connectivity index (χ0v) is 9.40. The minimum Gasteiger partial charge on any atom is -0.481 e. The summed E-state index contributed by atoms with van der Waals surface area (Å²) >= 11 is 0. The van der Waals surface area contributed by atoms with E-state index in [-0.39, 0.29) is 17.9 Å². The van der Waals surface area contributed by atoms with Gasteiger partial charge in [-0.2, -0.15) is 0 Å². The van der Waals surface area contributed by atoms with Crippen LogP contribution < -0.4 is 0 Å². The number of carbonyl (C=O) groups excluding carboxylic acids is 1. The van der Waals surface area contributed by atoms with Crippen molar-refractivity contribution < 1.29 is 23.5 Å². The summed E-state index contributed by atoms with van der Waals surface area (Å²) in [6.45, 7) is 0.587. The summed E-state index contributed by atoms with van der Waals surface area (Å²) < 4.78 is 26.0. The fourth-order valence-electron chi connectivity index (χ4n) is 1.95. The van der Waals surface area contributed by atoms with Gasteiger partial charge in [-0.15, -0.1) is 0 Å². The van der Waals surface area contributed by atoms with Gasteiger partial charge in [0.2, 0.25) is 0 Å². The molecule has 1 aliphatic heterocycles. The van der Waals surface area contributed by atoms with Crippen molar-refractivity contribution in [3.63, 3.8) is 0 Å². The third-order valence-corrected chi connectivity index (χ3v) is 2.87. The van der Waals surface area contributed by atoms with Crippen molar-refractivity contribution in [1.82, 2.24) is 4.90 Å². The first kappa shape index (κ1) is 12.5. The summed E-state index contributed by atoms with van der Waals surface area (Å²) in [4.78, 5) is 23.6. The molecule has 6 heteroatoms. The molecule has 0 unspecified atom stereocenters. The Morgan fingerprint density at radius 3 is 2.56 bits per heavy atom. The van der Waals surface area contributed by atoms with E-state index in [0.29, 0.717) is 19.2 Å². The molecule has 0 spiro atoms. The molecule has 1 aliphatic rings. The number of hydrogen-bond acceptors (Lipinski definition) is 2. The van der Waals surface area contributed by atoms with Crippen LogP contribution >= 0.6 is 0 Å². The highest BCUT2D eigenvalue weighted by Gasteiger charge is 2.33. The smallest absolute Gasteiger partial charge is 0.303 e. The van der Waals surface area contributed by atoms with Crippen LogP contribution in [0.25, 0.3) is 0 Å². The maximum absolute atomic E-state index is 13.3. The lowest BCUT2D eigenvalue weighted by Crippen LogP contribution is -2.50. The van der Waals surface area contributed by atoms with E-state index >= 15 is 0 Å². The van der Waals surface area contributed by atoms with Crippen molar-refractivity contribution in [2.24, 2.45) is 5.92 Å². The van der Waals surface area contributed by atoms with Crippen LogP contribution in [0.5, 0.6) is 0 Å². The Hall–Kier alpha value is -1.98. The molecule has 1 aromatic rings. The van der Waals surface area contributed by atoms with Crippen molar-refractivity contribution in [1.29, 1.82) is 0 Å². The van der Waals surface area contributed by atoms with Crippen molar-refractivity contribution in [2.45, 2.75) is 6.42 Å². The van der Waals surface area contributed by atoms with E-state index in [4.69, 9.17) is 5.11 Å². The normalized spacial score (nSPS) is 15.3. The molecule has 96 valence electrons. The highest BCUT2D eigenvalue weighted by molar-refractivity contribution is 5.95. The first-order valence-corrected chi connectivity index (χ1v) is 5.43. The first-order chi connectivity index (χ1) is 8.47. The van der Waals surface area contributed by atoms with Gasteiger partial charge in [-0.05, 0) is 12.1 Å². The Balaban J connectivity index is 1.99. The Kier molecular flexibility index (Phi) is 3.27. The van der Waals surface area contributed by atoms with Crippen molar-refractivity contribution in [3.8, 4) is 0 Å². The van der Waals surface area contributed by atoms with Crippen LogP contribution in [0.2, 0.25) is 0 Å². The van der Waals surface area contributed by atoms with Crippen LogP contribution in [0, 0.1) is 17.6 Å².